The van der Waals surface area contributed by atoms with Crippen LogP contribution in [0.4, 0.5) is 0 Å². The smallest absolute Gasteiger partial charge is 0.132 e. The highest BCUT2D eigenvalue weighted by Gasteiger charge is 2.22. The summed E-state index contributed by atoms with van der Waals surface area (Å²) in [6, 6.07) is 0. The van der Waals surface area contributed by atoms with Crippen molar-refractivity contribution in [3.63, 3.8) is 0 Å². The number of nitrogens with zero attached hydrogens (tertiary/aromatic N) is 1. The third-order valence-electron chi connectivity index (χ3n) is 1.71. The van der Waals surface area contributed by atoms with Crippen molar-refractivity contribution >= 4 is 23.2 Å². The van der Waals surface area contributed by atoms with Gasteiger partial charge in [0.1, 0.15) is 5.78 Å². The van der Waals surface area contributed by atoms with Crippen LogP contribution in [0.15, 0.2) is 4.99 Å². The highest BCUT2D eigenvalue weighted by molar-refractivity contribution is 7.78. The molecular weight excluding hydrogens is 158 g/mol. The first kappa shape index (κ1) is 10.5. The van der Waals surface area contributed by atoms with Crippen molar-refractivity contribution in [2.24, 2.45) is 4.99 Å². The minimum atomic E-state index is -0.326. The van der Waals surface area contributed by atoms with E-state index in [9.17, 15) is 4.79 Å². The van der Waals surface area contributed by atoms with E-state index in [1.165, 1.54) is 0 Å². The zero-order chi connectivity index (χ0) is 8.91. The number of carbonyl (C=O) groups excluding carboxylic acids is 1. The molecule has 0 saturated carbocycles. The largest absolute Gasteiger partial charge is 0.300 e. The summed E-state index contributed by atoms with van der Waals surface area (Å²) in [6.45, 7) is 5.46. The maximum absolute atomic E-state index is 10.8. The van der Waals surface area contributed by atoms with Gasteiger partial charge < -0.3 is 0 Å². The van der Waals surface area contributed by atoms with Crippen LogP contribution in [-0.4, -0.2) is 16.5 Å². The summed E-state index contributed by atoms with van der Waals surface area (Å²) in [6.07, 6.45) is 1.27. The molecule has 0 amide bonds. The third kappa shape index (κ3) is 4.02. The lowest BCUT2D eigenvalue weighted by Crippen LogP contribution is -2.23. The molecule has 0 rings (SSSR count). The Morgan fingerprint density at radius 2 is 2.27 bits per heavy atom. The lowest BCUT2D eigenvalue weighted by atomic mass is 9.94. The van der Waals surface area contributed by atoms with E-state index in [2.05, 4.69) is 22.4 Å². The van der Waals surface area contributed by atoms with Gasteiger partial charge in [-0.25, -0.2) is 4.99 Å². The number of thiocarbonyl (C=S) groups is 1. The van der Waals surface area contributed by atoms with Crippen LogP contribution in [-0.2, 0) is 4.79 Å². The van der Waals surface area contributed by atoms with Crippen LogP contribution in [0.2, 0.25) is 0 Å². The molecule has 1 unspecified atom stereocenters. The maximum atomic E-state index is 10.8. The Bertz CT molecular complexity index is 196. The fraction of sp³-hybridized carbons (Fsp3) is 0.750. The van der Waals surface area contributed by atoms with Crippen molar-refractivity contribution in [1.82, 2.24) is 0 Å². The van der Waals surface area contributed by atoms with Crippen molar-refractivity contribution in [2.45, 2.75) is 39.2 Å². The second kappa shape index (κ2) is 4.37. The van der Waals surface area contributed by atoms with Gasteiger partial charge in [0, 0.05) is 6.42 Å². The van der Waals surface area contributed by atoms with Crippen molar-refractivity contribution in [3.05, 3.63) is 0 Å². The Morgan fingerprint density at radius 1 is 1.73 bits per heavy atom. The molecule has 0 bridgehead atoms. The molecule has 0 N–H and O–H groups in total. The molecule has 11 heavy (non-hydrogen) atoms. The van der Waals surface area contributed by atoms with Gasteiger partial charge in [0.05, 0.1) is 10.7 Å². The molecule has 0 heterocycles. The van der Waals surface area contributed by atoms with Gasteiger partial charge in [0.25, 0.3) is 0 Å². The van der Waals surface area contributed by atoms with E-state index >= 15 is 0 Å². The number of ketones is 1. The van der Waals surface area contributed by atoms with Crippen LogP contribution in [0.5, 0.6) is 0 Å². The third-order valence-corrected chi connectivity index (χ3v) is 1.80. The fourth-order valence-corrected chi connectivity index (χ4v) is 1.11. The summed E-state index contributed by atoms with van der Waals surface area (Å²) in [5.41, 5.74) is -0.326. The number of isothiocyanates is 1. The number of rotatable bonds is 4. The second-order valence-electron chi connectivity index (χ2n) is 2.93. The van der Waals surface area contributed by atoms with Gasteiger partial charge >= 0.3 is 0 Å². The zero-order valence-electron chi connectivity index (χ0n) is 7.18. The predicted octanol–water partition coefficient (Wildman–Crippen LogP) is 2.24. The molecule has 0 fully saturated rings. The van der Waals surface area contributed by atoms with Gasteiger partial charge in [-0.05, 0) is 32.5 Å². The topological polar surface area (TPSA) is 29.4 Å². The SMILES string of the molecule is CCC(C)(CC(C)=O)N=C=S. The fourth-order valence-electron chi connectivity index (χ4n) is 0.890. The van der Waals surface area contributed by atoms with Crippen molar-refractivity contribution in [1.29, 1.82) is 0 Å². The number of carbonyl (C=O) groups is 1. The molecule has 0 aliphatic rings. The van der Waals surface area contributed by atoms with Gasteiger partial charge in [-0.1, -0.05) is 6.92 Å². The lowest BCUT2D eigenvalue weighted by molar-refractivity contribution is -0.118. The monoisotopic (exact) mass is 171 g/mol. The molecule has 0 aromatic heterocycles. The normalized spacial score (nSPS) is 14.8. The number of aliphatic imine (C=N–C) groups is 1. The summed E-state index contributed by atoms with van der Waals surface area (Å²) < 4.78 is 0. The number of hydrogen-bond donors (Lipinski definition) is 0. The summed E-state index contributed by atoms with van der Waals surface area (Å²) in [4.78, 5) is 14.7. The van der Waals surface area contributed by atoms with Gasteiger partial charge in [-0.3, -0.25) is 4.79 Å². The Labute approximate surface area is 72.7 Å². The van der Waals surface area contributed by atoms with Crippen molar-refractivity contribution in [2.75, 3.05) is 0 Å². The van der Waals surface area contributed by atoms with Gasteiger partial charge in [-0.2, -0.15) is 0 Å². The van der Waals surface area contributed by atoms with Crippen LogP contribution in [0, 0.1) is 0 Å². The minimum Gasteiger partial charge on any atom is -0.300 e. The summed E-state index contributed by atoms with van der Waals surface area (Å²) >= 11 is 4.49. The van der Waals surface area contributed by atoms with Gasteiger partial charge in [0.15, 0.2) is 0 Å². The molecule has 1 atom stereocenters. The maximum Gasteiger partial charge on any atom is 0.132 e. The Hall–Kier alpha value is -0.530. The molecule has 0 radical (unpaired) electrons. The van der Waals surface area contributed by atoms with Crippen molar-refractivity contribution < 1.29 is 4.79 Å². The summed E-state index contributed by atoms with van der Waals surface area (Å²) in [7, 11) is 0. The lowest BCUT2D eigenvalue weighted by Gasteiger charge is -2.19. The Kier molecular flexibility index (Phi) is 4.16. The quantitative estimate of drug-likeness (QED) is 0.479. The van der Waals surface area contributed by atoms with E-state index in [0.717, 1.165) is 6.42 Å². The summed E-state index contributed by atoms with van der Waals surface area (Å²) in [5, 5.41) is 2.32. The molecule has 2 nitrogen and oxygen atoms in total. The van der Waals surface area contributed by atoms with Crippen LogP contribution < -0.4 is 0 Å². The van der Waals surface area contributed by atoms with Gasteiger partial charge in [0.2, 0.25) is 0 Å². The van der Waals surface area contributed by atoms with E-state index < -0.39 is 0 Å². The molecule has 0 aliphatic carbocycles. The van der Waals surface area contributed by atoms with E-state index in [1.54, 1.807) is 6.92 Å². The highest BCUT2D eigenvalue weighted by Crippen LogP contribution is 2.19. The summed E-state index contributed by atoms with van der Waals surface area (Å²) in [5.74, 6) is 0.142. The Balaban J connectivity index is 4.33. The molecular formula is C8H13NOS. The van der Waals surface area contributed by atoms with Gasteiger partial charge in [-0.15, -0.1) is 0 Å². The molecule has 0 aromatic rings. The van der Waals surface area contributed by atoms with Crippen LogP contribution in [0.25, 0.3) is 0 Å². The molecule has 0 aromatic carbocycles. The molecule has 62 valence electrons. The van der Waals surface area contributed by atoms with Crippen LogP contribution in [0.1, 0.15) is 33.6 Å². The van der Waals surface area contributed by atoms with Crippen LogP contribution in [0.3, 0.4) is 0 Å². The zero-order valence-corrected chi connectivity index (χ0v) is 7.99. The molecule has 3 heteroatoms. The minimum absolute atomic E-state index is 0.142. The predicted molar refractivity (Wildman–Crippen MR) is 49.0 cm³/mol. The first-order valence-corrected chi connectivity index (χ1v) is 4.03. The van der Waals surface area contributed by atoms with E-state index in [-0.39, 0.29) is 11.3 Å². The highest BCUT2D eigenvalue weighted by atomic mass is 32.1. The molecule has 0 spiro atoms. The number of hydrogen-bond acceptors (Lipinski definition) is 3. The van der Waals surface area contributed by atoms with Crippen LogP contribution >= 0.6 is 12.2 Å². The standard InChI is InChI=1S/C8H13NOS/c1-4-8(3,9-6-11)5-7(2)10/h4-5H2,1-3H3. The first-order chi connectivity index (χ1) is 5.04. The number of Topliss-reactive ketones (excluding diaryl/α,β-unsaturated/α-hetero) is 1. The van der Waals surface area contributed by atoms with E-state index in [4.69, 9.17) is 0 Å². The first-order valence-electron chi connectivity index (χ1n) is 3.62. The van der Waals surface area contributed by atoms with Crippen molar-refractivity contribution in [3.8, 4) is 0 Å². The molecule has 0 saturated heterocycles. The average molecular weight is 171 g/mol. The molecule has 0 aliphatic heterocycles. The van der Waals surface area contributed by atoms with E-state index in [0.29, 0.717) is 6.42 Å². The van der Waals surface area contributed by atoms with E-state index in [1.807, 2.05) is 13.8 Å². The second-order valence-corrected chi connectivity index (χ2v) is 3.11. The Morgan fingerprint density at radius 3 is 2.55 bits per heavy atom. The average Bonchev–Trinajstić information content (AvgIpc) is 1.87.